The summed E-state index contributed by atoms with van der Waals surface area (Å²) in [7, 11) is 1.67. The zero-order valence-corrected chi connectivity index (χ0v) is 16.9. The smallest absolute Gasteiger partial charge is 0.310 e. The number of methoxy groups -OCH3 is 1. The number of ether oxygens (including phenoxy) is 3. The van der Waals surface area contributed by atoms with Crippen molar-refractivity contribution in [1.29, 1.82) is 0 Å². The van der Waals surface area contributed by atoms with Gasteiger partial charge in [-0.05, 0) is 61.1 Å². The average molecular weight is 386 g/mol. The van der Waals surface area contributed by atoms with Crippen molar-refractivity contribution >= 4 is 5.97 Å². The summed E-state index contributed by atoms with van der Waals surface area (Å²) >= 11 is 0. The fourth-order valence-electron chi connectivity index (χ4n) is 6.31. The van der Waals surface area contributed by atoms with Crippen LogP contribution in [0.15, 0.2) is 24.3 Å². The van der Waals surface area contributed by atoms with Crippen molar-refractivity contribution in [3.8, 4) is 5.75 Å². The van der Waals surface area contributed by atoms with Gasteiger partial charge in [0.25, 0.3) is 0 Å². The van der Waals surface area contributed by atoms with Crippen LogP contribution in [0.3, 0.4) is 0 Å². The molecule has 2 aliphatic heterocycles. The van der Waals surface area contributed by atoms with E-state index in [0.29, 0.717) is 18.4 Å². The molecule has 0 radical (unpaired) electrons. The van der Waals surface area contributed by atoms with Crippen molar-refractivity contribution in [3.63, 3.8) is 0 Å². The van der Waals surface area contributed by atoms with Crippen molar-refractivity contribution in [2.75, 3.05) is 20.3 Å². The highest BCUT2D eigenvalue weighted by atomic mass is 16.6. The van der Waals surface area contributed by atoms with Crippen LogP contribution in [0.1, 0.15) is 44.6 Å². The summed E-state index contributed by atoms with van der Waals surface area (Å²) < 4.78 is 17.1. The normalized spacial score (nSPS) is 41.3. The lowest BCUT2D eigenvalue weighted by Crippen LogP contribution is -2.51. The van der Waals surface area contributed by atoms with Gasteiger partial charge in [0, 0.05) is 19.0 Å². The molecule has 2 saturated heterocycles. The van der Waals surface area contributed by atoms with Crippen LogP contribution in [0.25, 0.3) is 0 Å². The Morgan fingerprint density at radius 2 is 2.04 bits per heavy atom. The molecule has 1 aromatic carbocycles. The molecule has 4 fully saturated rings. The number of fused-ring (bicyclic) bond motifs is 3. The molecule has 2 unspecified atom stereocenters. The predicted molar refractivity (Wildman–Crippen MR) is 105 cm³/mol. The second-order valence-electron chi connectivity index (χ2n) is 9.58. The monoisotopic (exact) mass is 385 g/mol. The van der Waals surface area contributed by atoms with Crippen LogP contribution in [0.5, 0.6) is 5.75 Å². The van der Waals surface area contributed by atoms with Crippen LogP contribution in [-0.4, -0.2) is 37.9 Å². The van der Waals surface area contributed by atoms with Gasteiger partial charge in [-0.3, -0.25) is 4.79 Å². The molecule has 1 aromatic rings. The van der Waals surface area contributed by atoms with Crippen molar-refractivity contribution in [2.24, 2.45) is 23.2 Å². The molecule has 5 rings (SSSR count). The van der Waals surface area contributed by atoms with Gasteiger partial charge in [0.05, 0.1) is 25.2 Å². The number of benzene rings is 1. The highest BCUT2D eigenvalue weighted by molar-refractivity contribution is 5.75. The zero-order valence-electron chi connectivity index (χ0n) is 16.9. The molecule has 2 heterocycles. The lowest BCUT2D eigenvalue weighted by Gasteiger charge is -2.51. The van der Waals surface area contributed by atoms with E-state index in [2.05, 4.69) is 24.4 Å². The van der Waals surface area contributed by atoms with Gasteiger partial charge < -0.3 is 19.5 Å². The van der Waals surface area contributed by atoms with E-state index in [1.165, 1.54) is 24.8 Å². The van der Waals surface area contributed by atoms with Gasteiger partial charge in [-0.1, -0.05) is 19.1 Å². The molecule has 0 amide bonds. The third-order valence-electron chi connectivity index (χ3n) is 7.93. The van der Waals surface area contributed by atoms with Gasteiger partial charge in [-0.2, -0.15) is 0 Å². The quantitative estimate of drug-likeness (QED) is 0.622. The Hall–Kier alpha value is -1.59. The van der Waals surface area contributed by atoms with Crippen molar-refractivity contribution < 1.29 is 19.0 Å². The number of nitrogens with one attached hydrogen (secondary N) is 1. The first-order valence-electron chi connectivity index (χ1n) is 10.7. The molecule has 5 nitrogen and oxygen atoms in total. The summed E-state index contributed by atoms with van der Waals surface area (Å²) in [5.41, 5.74) is 1.57. The molecule has 152 valence electrons. The lowest BCUT2D eigenvalue weighted by molar-refractivity contribution is -0.147. The molecule has 28 heavy (non-hydrogen) atoms. The number of hydrogen-bond acceptors (Lipinski definition) is 5. The van der Waals surface area contributed by atoms with Crippen LogP contribution >= 0.6 is 0 Å². The van der Waals surface area contributed by atoms with Gasteiger partial charge in [0.15, 0.2) is 0 Å². The van der Waals surface area contributed by atoms with Crippen LogP contribution in [-0.2, 0) is 20.8 Å². The Balaban J connectivity index is 1.24. The van der Waals surface area contributed by atoms with E-state index in [9.17, 15) is 4.79 Å². The van der Waals surface area contributed by atoms with Gasteiger partial charge in [-0.15, -0.1) is 0 Å². The van der Waals surface area contributed by atoms with Gasteiger partial charge in [-0.25, -0.2) is 0 Å². The Morgan fingerprint density at radius 3 is 2.75 bits per heavy atom. The minimum absolute atomic E-state index is 0.00903. The second-order valence-corrected chi connectivity index (χ2v) is 9.58. The first-order valence-corrected chi connectivity index (χ1v) is 10.7. The number of rotatable bonds is 5. The highest BCUT2D eigenvalue weighted by Gasteiger charge is 2.64. The van der Waals surface area contributed by atoms with E-state index in [1.807, 2.05) is 12.1 Å². The van der Waals surface area contributed by atoms with Gasteiger partial charge >= 0.3 is 5.97 Å². The van der Waals surface area contributed by atoms with Crippen LogP contribution in [0.2, 0.25) is 0 Å². The Bertz CT molecular complexity index is 743. The van der Waals surface area contributed by atoms with Crippen molar-refractivity contribution in [1.82, 2.24) is 5.32 Å². The summed E-state index contributed by atoms with van der Waals surface area (Å²) in [6.07, 6.45) is 5.85. The number of carbonyl (C=O) groups is 1. The van der Waals surface area contributed by atoms with Gasteiger partial charge in [0.1, 0.15) is 11.9 Å². The van der Waals surface area contributed by atoms with E-state index >= 15 is 0 Å². The first kappa shape index (κ1) is 18.4. The van der Waals surface area contributed by atoms with Crippen molar-refractivity contribution in [2.45, 2.75) is 57.3 Å². The minimum Gasteiger partial charge on any atom is -0.497 e. The molecule has 4 aliphatic rings. The highest BCUT2D eigenvalue weighted by Crippen LogP contribution is 2.62. The predicted octanol–water partition coefficient (Wildman–Crippen LogP) is 3.31. The number of hydrogen-bond donors (Lipinski definition) is 1. The lowest BCUT2D eigenvalue weighted by atomic mass is 9.53. The second kappa shape index (κ2) is 6.74. The van der Waals surface area contributed by atoms with Gasteiger partial charge in [0.2, 0.25) is 0 Å². The van der Waals surface area contributed by atoms with E-state index in [4.69, 9.17) is 14.2 Å². The number of esters is 1. The molecule has 2 saturated carbocycles. The third kappa shape index (κ3) is 3.03. The maximum atomic E-state index is 12.6. The minimum atomic E-state index is -0.0366. The molecule has 2 aliphatic carbocycles. The van der Waals surface area contributed by atoms with E-state index < -0.39 is 0 Å². The molecular weight excluding hydrogens is 354 g/mol. The molecule has 0 aromatic heterocycles. The first-order chi connectivity index (χ1) is 13.5. The maximum Gasteiger partial charge on any atom is 0.310 e. The summed E-state index contributed by atoms with van der Waals surface area (Å²) in [5, 5.41) is 3.49. The standard InChI is InChI=1S/C23H31NO4/c1-22-8-3-9-23(14-27-23)20(22)10-17-18(21(25)28-19(17)11-22)13-24-12-15-4-6-16(26-2)7-5-15/h4-7,17-20,24H,3,8-14H2,1-2H3/t17-,18?,19-,20?,22-,23+/m1/s1. The fraction of sp³-hybridized carbons (Fsp3) is 0.696. The Morgan fingerprint density at radius 1 is 1.25 bits per heavy atom. The number of carbonyl (C=O) groups excluding carboxylic acids is 1. The summed E-state index contributed by atoms with van der Waals surface area (Å²) in [4.78, 5) is 12.6. The fourth-order valence-corrected chi connectivity index (χ4v) is 6.31. The summed E-state index contributed by atoms with van der Waals surface area (Å²) in [6, 6.07) is 8.06. The molecule has 1 spiro atoms. The third-order valence-corrected chi connectivity index (χ3v) is 7.93. The molecule has 0 bridgehead atoms. The molecule has 5 heteroatoms. The molecule has 1 N–H and O–H groups in total. The summed E-state index contributed by atoms with van der Waals surface area (Å²) in [5.74, 6) is 1.72. The molecule has 6 atom stereocenters. The van der Waals surface area contributed by atoms with Crippen LogP contribution in [0.4, 0.5) is 0 Å². The van der Waals surface area contributed by atoms with E-state index in [-0.39, 0.29) is 29.0 Å². The maximum absolute atomic E-state index is 12.6. The molecular formula is C23H31NO4. The van der Waals surface area contributed by atoms with E-state index in [1.54, 1.807) is 7.11 Å². The Kier molecular flexibility index (Phi) is 4.44. The zero-order chi connectivity index (χ0) is 19.4. The SMILES string of the molecule is COc1ccc(CNCC2C(=O)O[C@@H]3C[C@@]4(C)CCC[C@]5(CO5)C4C[C@H]23)cc1. The van der Waals surface area contributed by atoms with Crippen LogP contribution in [0, 0.1) is 23.2 Å². The van der Waals surface area contributed by atoms with E-state index in [0.717, 1.165) is 31.7 Å². The van der Waals surface area contributed by atoms with Crippen LogP contribution < -0.4 is 10.1 Å². The number of epoxide rings is 1. The Labute approximate surface area is 167 Å². The largest absolute Gasteiger partial charge is 0.497 e. The average Bonchev–Trinajstić information content (AvgIpc) is 3.39. The topological polar surface area (TPSA) is 60.1 Å². The summed E-state index contributed by atoms with van der Waals surface area (Å²) in [6.45, 7) is 4.75. The van der Waals surface area contributed by atoms with Crippen molar-refractivity contribution in [3.05, 3.63) is 29.8 Å².